The van der Waals surface area contributed by atoms with Crippen molar-refractivity contribution in [2.24, 2.45) is 0 Å². The molecule has 1 aliphatic rings. The molecule has 1 N–H and O–H groups in total. The summed E-state index contributed by atoms with van der Waals surface area (Å²) >= 11 is 0. The van der Waals surface area contributed by atoms with Gasteiger partial charge in [-0.3, -0.25) is 4.79 Å². The van der Waals surface area contributed by atoms with Gasteiger partial charge in [0.2, 0.25) is 5.95 Å². The monoisotopic (exact) mass is 383 g/mol. The highest BCUT2D eigenvalue weighted by Gasteiger charge is 2.26. The first-order chi connectivity index (χ1) is 14.2. The van der Waals surface area contributed by atoms with E-state index in [0.29, 0.717) is 23.6 Å². The maximum atomic E-state index is 12.9. The van der Waals surface area contributed by atoms with Crippen LogP contribution in [0.25, 0.3) is 0 Å². The smallest absolute Gasteiger partial charge is 0.253 e. The highest BCUT2D eigenvalue weighted by atomic mass is 16.2. The number of hydrogen-bond acceptors (Lipinski definition) is 5. The zero-order chi connectivity index (χ0) is 20.1. The number of para-hydroxylation sites is 1. The van der Waals surface area contributed by atoms with Crippen LogP contribution in [0.3, 0.4) is 0 Å². The third-order valence-electron chi connectivity index (χ3n) is 5.09. The molecule has 0 bridgehead atoms. The van der Waals surface area contributed by atoms with Crippen molar-refractivity contribution in [1.82, 2.24) is 14.9 Å². The van der Waals surface area contributed by atoms with Crippen molar-refractivity contribution in [2.45, 2.75) is 18.8 Å². The fourth-order valence-electron chi connectivity index (χ4n) is 3.58. The molecule has 1 aromatic heterocycles. The average Bonchev–Trinajstić information content (AvgIpc) is 2.79. The van der Waals surface area contributed by atoms with E-state index in [1.54, 1.807) is 30.5 Å². The Morgan fingerprint density at radius 1 is 1.10 bits per heavy atom. The van der Waals surface area contributed by atoms with Gasteiger partial charge in [-0.05, 0) is 55.3 Å². The fraction of sp³-hybridized carbons (Fsp3) is 0.217. The number of nitrogens with zero attached hydrogens (tertiary/aromatic N) is 4. The molecule has 4 rings (SSSR count). The van der Waals surface area contributed by atoms with Gasteiger partial charge in [0, 0.05) is 36.5 Å². The van der Waals surface area contributed by atoms with Crippen molar-refractivity contribution in [2.75, 3.05) is 18.4 Å². The molecule has 0 unspecified atom stereocenters. The number of amides is 1. The Morgan fingerprint density at radius 3 is 2.66 bits per heavy atom. The van der Waals surface area contributed by atoms with Gasteiger partial charge in [0.25, 0.3) is 5.91 Å². The molecule has 0 radical (unpaired) electrons. The second-order valence-corrected chi connectivity index (χ2v) is 7.08. The zero-order valence-corrected chi connectivity index (χ0v) is 16.0. The van der Waals surface area contributed by atoms with E-state index in [4.69, 9.17) is 5.26 Å². The Kier molecular flexibility index (Phi) is 5.48. The van der Waals surface area contributed by atoms with Crippen LogP contribution in [0, 0.1) is 11.3 Å². The second kappa shape index (κ2) is 8.53. The molecule has 2 heterocycles. The Hall–Kier alpha value is -3.72. The minimum atomic E-state index is -0.00381. The second-order valence-electron chi connectivity index (χ2n) is 7.08. The minimum Gasteiger partial charge on any atom is -0.338 e. The van der Waals surface area contributed by atoms with E-state index < -0.39 is 0 Å². The van der Waals surface area contributed by atoms with Crippen molar-refractivity contribution >= 4 is 17.5 Å². The normalized spacial score (nSPS) is 16.1. The fourth-order valence-corrected chi connectivity index (χ4v) is 3.58. The summed E-state index contributed by atoms with van der Waals surface area (Å²) in [5.41, 5.74) is 3.04. The Morgan fingerprint density at radius 2 is 1.90 bits per heavy atom. The molecule has 1 amide bonds. The van der Waals surface area contributed by atoms with E-state index in [9.17, 15) is 4.79 Å². The molecule has 1 saturated heterocycles. The molecular weight excluding hydrogens is 362 g/mol. The average molecular weight is 383 g/mol. The number of piperidine rings is 1. The van der Waals surface area contributed by atoms with Crippen LogP contribution in [-0.2, 0) is 0 Å². The largest absolute Gasteiger partial charge is 0.338 e. The standard InChI is InChI=1S/C23H21N5O/c24-15-17-8-10-18(11-9-17)22(29)28-14-4-5-19(16-28)21-12-13-25-23(27-21)26-20-6-2-1-3-7-20/h1-3,6-13,19H,4-5,14,16H2,(H,25,26,27)/t19-/m1/s1. The van der Waals surface area contributed by atoms with Gasteiger partial charge in [-0.15, -0.1) is 0 Å². The molecule has 0 saturated carbocycles. The van der Waals surface area contributed by atoms with E-state index >= 15 is 0 Å². The molecule has 1 atom stereocenters. The summed E-state index contributed by atoms with van der Waals surface area (Å²) in [6.07, 6.45) is 3.67. The molecule has 0 spiro atoms. The van der Waals surface area contributed by atoms with Crippen LogP contribution < -0.4 is 5.32 Å². The molecule has 144 valence electrons. The van der Waals surface area contributed by atoms with Crippen LogP contribution in [0.4, 0.5) is 11.6 Å². The predicted octanol–water partition coefficient (Wildman–Crippen LogP) is 4.11. The number of hydrogen-bond donors (Lipinski definition) is 1. The van der Waals surface area contributed by atoms with Crippen LogP contribution in [0.2, 0.25) is 0 Å². The lowest BCUT2D eigenvalue weighted by Gasteiger charge is -2.32. The van der Waals surface area contributed by atoms with Crippen molar-refractivity contribution in [3.63, 3.8) is 0 Å². The third kappa shape index (κ3) is 4.41. The van der Waals surface area contributed by atoms with Crippen LogP contribution in [-0.4, -0.2) is 33.9 Å². The number of rotatable bonds is 4. The van der Waals surface area contributed by atoms with Crippen molar-refractivity contribution in [3.8, 4) is 6.07 Å². The number of aromatic nitrogens is 2. The van der Waals surface area contributed by atoms with Crippen molar-refractivity contribution < 1.29 is 4.79 Å². The van der Waals surface area contributed by atoms with Crippen molar-refractivity contribution in [3.05, 3.63) is 83.7 Å². The van der Waals surface area contributed by atoms with Gasteiger partial charge < -0.3 is 10.2 Å². The third-order valence-corrected chi connectivity index (χ3v) is 5.09. The van der Waals surface area contributed by atoms with Gasteiger partial charge in [0.1, 0.15) is 0 Å². The molecule has 3 aromatic rings. The highest BCUT2D eigenvalue weighted by Crippen LogP contribution is 2.27. The van der Waals surface area contributed by atoms with E-state index in [2.05, 4.69) is 21.4 Å². The number of nitriles is 1. The summed E-state index contributed by atoms with van der Waals surface area (Å²) in [5.74, 6) is 0.727. The number of anilines is 2. The molecule has 1 aliphatic heterocycles. The van der Waals surface area contributed by atoms with Gasteiger partial charge in [0.15, 0.2) is 0 Å². The number of carbonyl (C=O) groups is 1. The topological polar surface area (TPSA) is 81.9 Å². The van der Waals surface area contributed by atoms with E-state index in [-0.39, 0.29) is 11.8 Å². The van der Waals surface area contributed by atoms with E-state index in [1.807, 2.05) is 41.3 Å². The van der Waals surface area contributed by atoms with Gasteiger partial charge in [-0.25, -0.2) is 9.97 Å². The van der Waals surface area contributed by atoms with E-state index in [1.165, 1.54) is 0 Å². The lowest BCUT2D eigenvalue weighted by atomic mass is 9.94. The summed E-state index contributed by atoms with van der Waals surface area (Å²) in [6.45, 7) is 1.36. The SMILES string of the molecule is N#Cc1ccc(C(=O)N2CCC[C@@H](c3ccnc(Nc4ccccc4)n3)C2)cc1. The Bertz CT molecular complexity index is 1030. The number of likely N-dealkylation sites (tertiary alicyclic amines) is 1. The maximum Gasteiger partial charge on any atom is 0.253 e. The first-order valence-corrected chi connectivity index (χ1v) is 9.67. The molecule has 0 aliphatic carbocycles. The van der Waals surface area contributed by atoms with Gasteiger partial charge >= 0.3 is 0 Å². The van der Waals surface area contributed by atoms with Gasteiger partial charge in [0.05, 0.1) is 17.3 Å². The summed E-state index contributed by atoms with van der Waals surface area (Å²) in [4.78, 5) is 23.8. The quantitative estimate of drug-likeness (QED) is 0.733. The van der Waals surface area contributed by atoms with Crippen molar-refractivity contribution in [1.29, 1.82) is 5.26 Å². The van der Waals surface area contributed by atoms with Crippen LogP contribution in [0.5, 0.6) is 0 Å². The molecule has 1 fully saturated rings. The van der Waals surface area contributed by atoms with Gasteiger partial charge in [-0.2, -0.15) is 5.26 Å². The first-order valence-electron chi connectivity index (χ1n) is 9.67. The lowest BCUT2D eigenvalue weighted by Crippen LogP contribution is -2.39. The molecule has 6 heteroatoms. The first kappa shape index (κ1) is 18.6. The van der Waals surface area contributed by atoms with Crippen LogP contribution in [0.1, 0.15) is 40.4 Å². The maximum absolute atomic E-state index is 12.9. The molecular formula is C23H21N5O. The minimum absolute atomic E-state index is 0.00381. The number of nitrogens with one attached hydrogen (secondary N) is 1. The lowest BCUT2D eigenvalue weighted by molar-refractivity contribution is 0.0706. The molecule has 29 heavy (non-hydrogen) atoms. The number of benzene rings is 2. The summed E-state index contributed by atoms with van der Waals surface area (Å²) in [6, 6.07) is 20.6. The molecule has 6 nitrogen and oxygen atoms in total. The summed E-state index contributed by atoms with van der Waals surface area (Å²) in [5, 5.41) is 12.2. The Labute approximate surface area is 169 Å². The summed E-state index contributed by atoms with van der Waals surface area (Å²) in [7, 11) is 0. The Balaban J connectivity index is 1.47. The predicted molar refractivity (Wildman–Crippen MR) is 111 cm³/mol. The molecule has 2 aromatic carbocycles. The van der Waals surface area contributed by atoms with Crippen LogP contribution >= 0.6 is 0 Å². The van der Waals surface area contributed by atoms with E-state index in [0.717, 1.165) is 30.8 Å². The highest BCUT2D eigenvalue weighted by molar-refractivity contribution is 5.94. The van der Waals surface area contributed by atoms with Crippen LogP contribution in [0.15, 0.2) is 66.9 Å². The summed E-state index contributed by atoms with van der Waals surface area (Å²) < 4.78 is 0. The number of carbonyl (C=O) groups excluding carboxylic acids is 1. The zero-order valence-electron chi connectivity index (χ0n) is 16.0. The van der Waals surface area contributed by atoms with Gasteiger partial charge in [-0.1, -0.05) is 18.2 Å².